The van der Waals surface area contributed by atoms with Gasteiger partial charge in [0.25, 0.3) is 0 Å². The summed E-state index contributed by atoms with van der Waals surface area (Å²) in [4.78, 5) is 34.5. The SMILES string of the molecule is O=C1C=CC(N2CCC(OC(=O)N3CCN(C4CCC4)CC3)CC2)=NC1. The highest BCUT2D eigenvalue weighted by atomic mass is 16.6. The largest absolute Gasteiger partial charge is 0.446 e. The summed E-state index contributed by atoms with van der Waals surface area (Å²) in [7, 11) is 0. The number of amidine groups is 1. The van der Waals surface area contributed by atoms with Gasteiger partial charge in [-0.1, -0.05) is 6.42 Å². The molecule has 1 aliphatic carbocycles. The smallest absolute Gasteiger partial charge is 0.410 e. The Balaban J connectivity index is 1.19. The summed E-state index contributed by atoms with van der Waals surface area (Å²) < 4.78 is 5.75. The van der Waals surface area contributed by atoms with Gasteiger partial charge >= 0.3 is 6.09 Å². The molecule has 0 aromatic heterocycles. The van der Waals surface area contributed by atoms with Gasteiger partial charge in [0.05, 0.1) is 0 Å². The number of ether oxygens (including phenoxy) is 1. The molecule has 3 aliphatic heterocycles. The van der Waals surface area contributed by atoms with E-state index in [9.17, 15) is 9.59 Å². The fourth-order valence-corrected chi connectivity index (χ4v) is 4.08. The average Bonchev–Trinajstić information content (AvgIpc) is 2.62. The van der Waals surface area contributed by atoms with Crippen molar-refractivity contribution in [1.82, 2.24) is 14.7 Å². The van der Waals surface area contributed by atoms with Crippen LogP contribution in [-0.2, 0) is 9.53 Å². The van der Waals surface area contributed by atoms with Crippen LogP contribution in [0.2, 0.25) is 0 Å². The zero-order valence-corrected chi connectivity index (χ0v) is 15.3. The van der Waals surface area contributed by atoms with E-state index in [1.165, 1.54) is 19.3 Å². The standard InChI is InChI=1S/C19H28N4O3/c24-16-4-5-18(20-14-16)22-8-6-17(7-9-22)26-19(25)23-12-10-21(11-13-23)15-2-1-3-15/h4-5,15,17H,1-3,6-14H2. The maximum Gasteiger partial charge on any atom is 0.410 e. The van der Waals surface area contributed by atoms with Crippen molar-refractivity contribution in [1.29, 1.82) is 0 Å². The van der Waals surface area contributed by atoms with Gasteiger partial charge in [0, 0.05) is 58.2 Å². The number of hydrogen-bond acceptors (Lipinski definition) is 6. The van der Waals surface area contributed by atoms with Gasteiger partial charge in [0.1, 0.15) is 18.5 Å². The van der Waals surface area contributed by atoms with Crippen LogP contribution in [0, 0.1) is 0 Å². The van der Waals surface area contributed by atoms with E-state index in [1.807, 2.05) is 4.90 Å². The monoisotopic (exact) mass is 360 g/mol. The van der Waals surface area contributed by atoms with Crippen LogP contribution in [0.5, 0.6) is 0 Å². The molecule has 4 aliphatic rings. The quantitative estimate of drug-likeness (QED) is 0.743. The summed E-state index contributed by atoms with van der Waals surface area (Å²) in [5.74, 6) is 0.927. The molecule has 4 rings (SSSR count). The molecule has 0 bridgehead atoms. The first-order valence-corrected chi connectivity index (χ1v) is 9.89. The van der Waals surface area contributed by atoms with Gasteiger partial charge in [0.2, 0.25) is 0 Å². The number of likely N-dealkylation sites (tertiary alicyclic amines) is 1. The van der Waals surface area contributed by atoms with E-state index in [4.69, 9.17) is 4.74 Å². The number of carbonyl (C=O) groups is 2. The van der Waals surface area contributed by atoms with E-state index in [2.05, 4.69) is 14.8 Å². The van der Waals surface area contributed by atoms with Gasteiger partial charge in [-0.15, -0.1) is 0 Å². The molecule has 142 valence electrons. The molecule has 7 heteroatoms. The number of aliphatic imine (C=N–C) groups is 1. The number of ketones is 1. The second-order valence-electron chi connectivity index (χ2n) is 7.65. The molecule has 1 saturated carbocycles. The van der Waals surface area contributed by atoms with Crippen LogP contribution in [0.25, 0.3) is 0 Å². The highest BCUT2D eigenvalue weighted by molar-refractivity contribution is 6.05. The molecule has 0 aromatic carbocycles. The van der Waals surface area contributed by atoms with Gasteiger partial charge in [-0.3, -0.25) is 14.7 Å². The summed E-state index contributed by atoms with van der Waals surface area (Å²) in [6.45, 7) is 5.38. The highest BCUT2D eigenvalue weighted by Crippen LogP contribution is 2.25. The lowest BCUT2D eigenvalue weighted by Crippen LogP contribution is -2.54. The number of dihydropyridines is 1. The van der Waals surface area contributed by atoms with E-state index in [0.717, 1.165) is 64.0 Å². The minimum absolute atomic E-state index is 0.0155. The number of piperazine rings is 1. The second-order valence-corrected chi connectivity index (χ2v) is 7.65. The number of carbonyl (C=O) groups excluding carboxylic acids is 2. The van der Waals surface area contributed by atoms with Crippen LogP contribution < -0.4 is 0 Å². The Morgan fingerprint density at radius 2 is 1.73 bits per heavy atom. The third kappa shape index (κ3) is 3.92. The van der Waals surface area contributed by atoms with Gasteiger partial charge < -0.3 is 14.5 Å². The number of nitrogens with zero attached hydrogens (tertiary/aromatic N) is 4. The van der Waals surface area contributed by atoms with Crippen molar-refractivity contribution in [2.45, 2.75) is 44.2 Å². The van der Waals surface area contributed by atoms with Crippen LogP contribution >= 0.6 is 0 Å². The van der Waals surface area contributed by atoms with Crippen molar-refractivity contribution in [2.75, 3.05) is 45.8 Å². The first kappa shape index (κ1) is 17.5. The van der Waals surface area contributed by atoms with Crippen molar-refractivity contribution < 1.29 is 14.3 Å². The molecule has 0 aromatic rings. The van der Waals surface area contributed by atoms with Crippen LogP contribution in [0.15, 0.2) is 17.1 Å². The van der Waals surface area contributed by atoms with Crippen LogP contribution in [0.3, 0.4) is 0 Å². The predicted octanol–water partition coefficient (Wildman–Crippen LogP) is 1.29. The maximum atomic E-state index is 12.4. The number of hydrogen-bond donors (Lipinski definition) is 0. The van der Waals surface area contributed by atoms with Crippen LogP contribution in [0.4, 0.5) is 4.79 Å². The molecule has 0 N–H and O–H groups in total. The highest BCUT2D eigenvalue weighted by Gasteiger charge is 2.31. The molecule has 3 fully saturated rings. The molecular formula is C19H28N4O3. The summed E-state index contributed by atoms with van der Waals surface area (Å²) in [5.41, 5.74) is 0. The molecule has 0 atom stereocenters. The van der Waals surface area contributed by atoms with E-state index < -0.39 is 0 Å². The minimum Gasteiger partial charge on any atom is -0.446 e. The predicted molar refractivity (Wildman–Crippen MR) is 98.3 cm³/mol. The van der Waals surface area contributed by atoms with E-state index in [0.29, 0.717) is 0 Å². The van der Waals surface area contributed by atoms with Gasteiger partial charge in [0.15, 0.2) is 5.78 Å². The Labute approximate surface area is 154 Å². The number of piperidine rings is 1. The molecule has 1 amide bonds. The lowest BCUT2D eigenvalue weighted by molar-refractivity contribution is -0.113. The second kappa shape index (κ2) is 7.78. The zero-order chi connectivity index (χ0) is 17.9. The molecular weight excluding hydrogens is 332 g/mol. The van der Waals surface area contributed by atoms with Crippen molar-refractivity contribution in [3.8, 4) is 0 Å². The molecule has 0 radical (unpaired) electrons. The average molecular weight is 360 g/mol. The van der Waals surface area contributed by atoms with Crippen molar-refractivity contribution >= 4 is 17.7 Å². The Hall–Kier alpha value is -1.89. The molecule has 3 heterocycles. The van der Waals surface area contributed by atoms with Crippen molar-refractivity contribution in [3.63, 3.8) is 0 Å². The van der Waals surface area contributed by atoms with E-state index >= 15 is 0 Å². The van der Waals surface area contributed by atoms with Gasteiger partial charge in [-0.2, -0.15) is 0 Å². The van der Waals surface area contributed by atoms with Crippen LogP contribution in [0.1, 0.15) is 32.1 Å². The first-order valence-electron chi connectivity index (χ1n) is 9.89. The Morgan fingerprint density at radius 3 is 2.31 bits per heavy atom. The molecule has 7 nitrogen and oxygen atoms in total. The Bertz CT molecular complexity index is 598. The fourth-order valence-electron chi connectivity index (χ4n) is 4.08. The molecule has 0 spiro atoms. The lowest BCUT2D eigenvalue weighted by Gasteiger charge is -2.43. The van der Waals surface area contributed by atoms with E-state index in [1.54, 1.807) is 12.2 Å². The summed E-state index contributed by atoms with van der Waals surface area (Å²) >= 11 is 0. The minimum atomic E-state index is -0.155. The maximum absolute atomic E-state index is 12.4. The van der Waals surface area contributed by atoms with Crippen molar-refractivity contribution in [3.05, 3.63) is 12.2 Å². The number of amides is 1. The fraction of sp³-hybridized carbons (Fsp3) is 0.737. The van der Waals surface area contributed by atoms with Gasteiger partial charge in [-0.25, -0.2) is 4.79 Å². The summed E-state index contributed by atoms with van der Waals surface area (Å²) in [5, 5.41) is 0. The summed E-state index contributed by atoms with van der Waals surface area (Å²) in [6.07, 6.45) is 8.83. The molecule has 2 saturated heterocycles. The Kier molecular flexibility index (Phi) is 5.24. The first-order chi connectivity index (χ1) is 12.7. The molecule has 26 heavy (non-hydrogen) atoms. The normalized spacial score (nSPS) is 25.8. The van der Waals surface area contributed by atoms with Crippen molar-refractivity contribution in [2.24, 2.45) is 4.99 Å². The van der Waals surface area contributed by atoms with Gasteiger partial charge in [-0.05, 0) is 25.0 Å². The molecule has 0 unspecified atom stereocenters. The third-order valence-electron chi connectivity index (χ3n) is 6.01. The topological polar surface area (TPSA) is 65.5 Å². The Morgan fingerprint density at radius 1 is 1.00 bits per heavy atom. The summed E-state index contributed by atoms with van der Waals surface area (Å²) in [6, 6.07) is 0.754. The lowest BCUT2D eigenvalue weighted by atomic mass is 9.91. The third-order valence-corrected chi connectivity index (χ3v) is 6.01. The van der Waals surface area contributed by atoms with Crippen LogP contribution in [-0.4, -0.2) is 90.4 Å². The van der Waals surface area contributed by atoms with E-state index in [-0.39, 0.29) is 24.5 Å². The number of rotatable bonds is 2. The zero-order valence-electron chi connectivity index (χ0n) is 15.3.